The van der Waals surface area contributed by atoms with Crippen molar-refractivity contribution >= 4 is 5.91 Å². The fourth-order valence-corrected chi connectivity index (χ4v) is 1.68. The summed E-state index contributed by atoms with van der Waals surface area (Å²) in [5.74, 6) is -6.30. The van der Waals surface area contributed by atoms with E-state index in [2.05, 4.69) is 0 Å². The molecule has 1 saturated heterocycles. The summed E-state index contributed by atoms with van der Waals surface area (Å²) in [7, 11) is 0. The number of rotatable bonds is 2. The zero-order valence-corrected chi connectivity index (χ0v) is 8.35. The van der Waals surface area contributed by atoms with Gasteiger partial charge in [0.05, 0.1) is 0 Å². The normalized spacial score (nSPS) is 23.3. The molecule has 1 unspecified atom stereocenters. The number of likely N-dealkylation sites (tertiary alicyclic amines) is 1. The Hall–Kier alpha value is -0.810. The van der Waals surface area contributed by atoms with Crippen molar-refractivity contribution in [1.82, 2.24) is 4.90 Å². The Morgan fingerprint density at radius 2 is 2.00 bits per heavy atom. The van der Waals surface area contributed by atoms with Crippen LogP contribution in [0.1, 0.15) is 26.2 Å². The van der Waals surface area contributed by atoms with E-state index in [1.165, 1.54) is 0 Å². The van der Waals surface area contributed by atoms with Crippen molar-refractivity contribution < 1.29 is 22.4 Å². The largest absolute Gasteiger partial charge is 0.383 e. The van der Waals surface area contributed by atoms with E-state index >= 15 is 0 Å². The molecule has 1 aliphatic rings. The predicted molar refractivity (Wildman–Crippen MR) is 46.0 cm³/mol. The number of nitrogens with zero attached hydrogens (tertiary/aromatic N) is 1. The van der Waals surface area contributed by atoms with Crippen LogP contribution in [0.3, 0.4) is 0 Å². The van der Waals surface area contributed by atoms with Gasteiger partial charge in [0.1, 0.15) is 0 Å². The highest BCUT2D eigenvalue weighted by atomic mass is 19.3. The molecule has 6 heteroatoms. The fraction of sp³-hybridized carbons (Fsp3) is 0.889. The molecule has 0 saturated carbocycles. The van der Waals surface area contributed by atoms with Crippen LogP contribution in [0.25, 0.3) is 0 Å². The van der Waals surface area contributed by atoms with Crippen LogP contribution >= 0.6 is 0 Å². The smallest absolute Gasteiger partial charge is 0.335 e. The molecule has 1 fully saturated rings. The average molecular weight is 227 g/mol. The fourth-order valence-electron chi connectivity index (χ4n) is 1.68. The molecule has 1 rings (SSSR count). The van der Waals surface area contributed by atoms with Crippen molar-refractivity contribution in [1.29, 1.82) is 0 Å². The monoisotopic (exact) mass is 227 g/mol. The molecule has 0 aromatic carbocycles. The molecule has 1 atom stereocenters. The summed E-state index contributed by atoms with van der Waals surface area (Å²) in [5, 5.41) is 0. The van der Waals surface area contributed by atoms with E-state index in [0.29, 0.717) is 12.8 Å². The van der Waals surface area contributed by atoms with Gasteiger partial charge in [0.15, 0.2) is 0 Å². The Morgan fingerprint density at radius 3 is 2.47 bits per heavy atom. The minimum atomic E-state index is -4.55. The third-order valence-corrected chi connectivity index (χ3v) is 2.62. The molecular formula is C9H13F4NO. The van der Waals surface area contributed by atoms with Gasteiger partial charge in [-0.05, 0) is 26.2 Å². The lowest BCUT2D eigenvalue weighted by atomic mass is 10.0. The van der Waals surface area contributed by atoms with E-state index in [-0.39, 0.29) is 12.6 Å². The minimum absolute atomic E-state index is 0.141. The highest BCUT2D eigenvalue weighted by molar-refractivity contribution is 5.84. The van der Waals surface area contributed by atoms with E-state index in [0.717, 1.165) is 11.3 Å². The maximum atomic E-state index is 12.8. The van der Waals surface area contributed by atoms with Gasteiger partial charge in [-0.15, -0.1) is 0 Å². The van der Waals surface area contributed by atoms with E-state index in [1.807, 2.05) is 0 Å². The molecule has 0 radical (unpaired) electrons. The van der Waals surface area contributed by atoms with Crippen LogP contribution in [-0.2, 0) is 4.79 Å². The Bertz CT molecular complexity index is 244. The maximum Gasteiger partial charge on any atom is 0.383 e. The van der Waals surface area contributed by atoms with Crippen LogP contribution in [0.5, 0.6) is 0 Å². The van der Waals surface area contributed by atoms with Gasteiger partial charge < -0.3 is 4.90 Å². The second-order valence-corrected chi connectivity index (χ2v) is 3.77. The molecule has 0 aromatic rings. The number of hydrogen-bond acceptors (Lipinski definition) is 1. The highest BCUT2D eigenvalue weighted by Crippen LogP contribution is 2.28. The second kappa shape index (κ2) is 4.37. The SMILES string of the molecule is CC1CCCCN1C(=O)C(F)(F)C(F)F. The summed E-state index contributed by atoms with van der Waals surface area (Å²) in [6.07, 6.45) is -1.91. The van der Waals surface area contributed by atoms with Crippen molar-refractivity contribution in [2.45, 2.75) is 44.6 Å². The molecule has 0 N–H and O–H groups in total. The van der Waals surface area contributed by atoms with Gasteiger partial charge >= 0.3 is 12.3 Å². The Morgan fingerprint density at radius 1 is 1.40 bits per heavy atom. The summed E-state index contributed by atoms with van der Waals surface area (Å²) in [4.78, 5) is 12.0. The minimum Gasteiger partial charge on any atom is -0.335 e. The lowest BCUT2D eigenvalue weighted by Gasteiger charge is -2.35. The topological polar surface area (TPSA) is 20.3 Å². The molecule has 0 aliphatic carbocycles. The van der Waals surface area contributed by atoms with Gasteiger partial charge in [0.2, 0.25) is 0 Å². The number of carbonyl (C=O) groups is 1. The standard InChI is InChI=1S/C9H13F4NO/c1-6-4-2-3-5-14(6)8(15)9(12,13)7(10)11/h6-7H,2-5H2,1H3. The summed E-state index contributed by atoms with van der Waals surface area (Å²) in [5.41, 5.74) is 0. The van der Waals surface area contributed by atoms with E-state index in [9.17, 15) is 22.4 Å². The van der Waals surface area contributed by atoms with Gasteiger partial charge in [0.25, 0.3) is 5.91 Å². The third kappa shape index (κ3) is 2.41. The lowest BCUT2D eigenvalue weighted by Crippen LogP contribution is -2.52. The lowest BCUT2D eigenvalue weighted by molar-refractivity contribution is -0.183. The van der Waals surface area contributed by atoms with Crippen LogP contribution < -0.4 is 0 Å². The number of piperidine rings is 1. The van der Waals surface area contributed by atoms with Gasteiger partial charge in [-0.25, -0.2) is 8.78 Å². The summed E-state index contributed by atoms with van der Waals surface area (Å²) < 4.78 is 49.4. The number of alkyl halides is 4. The Labute approximate surface area is 85.2 Å². The van der Waals surface area contributed by atoms with Crippen LogP contribution in [0.15, 0.2) is 0 Å². The zero-order chi connectivity index (χ0) is 11.6. The van der Waals surface area contributed by atoms with E-state index < -0.39 is 18.3 Å². The molecular weight excluding hydrogens is 214 g/mol. The van der Waals surface area contributed by atoms with Crippen LogP contribution in [0.4, 0.5) is 17.6 Å². The quantitative estimate of drug-likeness (QED) is 0.663. The van der Waals surface area contributed by atoms with Gasteiger partial charge in [-0.3, -0.25) is 4.79 Å². The van der Waals surface area contributed by atoms with Gasteiger partial charge in [-0.1, -0.05) is 0 Å². The van der Waals surface area contributed by atoms with Crippen molar-refractivity contribution in [3.63, 3.8) is 0 Å². The molecule has 2 nitrogen and oxygen atoms in total. The van der Waals surface area contributed by atoms with Crippen molar-refractivity contribution in [2.75, 3.05) is 6.54 Å². The van der Waals surface area contributed by atoms with E-state index in [1.54, 1.807) is 6.92 Å². The molecule has 0 aromatic heterocycles. The molecule has 1 heterocycles. The van der Waals surface area contributed by atoms with Gasteiger partial charge in [-0.2, -0.15) is 8.78 Å². The van der Waals surface area contributed by atoms with E-state index in [4.69, 9.17) is 0 Å². The van der Waals surface area contributed by atoms with Crippen LogP contribution in [-0.4, -0.2) is 35.7 Å². The average Bonchev–Trinajstić information content (AvgIpc) is 2.17. The Kier molecular flexibility index (Phi) is 3.57. The molecule has 15 heavy (non-hydrogen) atoms. The third-order valence-electron chi connectivity index (χ3n) is 2.62. The maximum absolute atomic E-state index is 12.8. The molecule has 88 valence electrons. The van der Waals surface area contributed by atoms with Crippen LogP contribution in [0.2, 0.25) is 0 Å². The first-order valence-corrected chi connectivity index (χ1v) is 4.84. The molecule has 0 spiro atoms. The van der Waals surface area contributed by atoms with Crippen molar-refractivity contribution in [3.8, 4) is 0 Å². The van der Waals surface area contributed by atoms with Crippen molar-refractivity contribution in [2.24, 2.45) is 0 Å². The van der Waals surface area contributed by atoms with Gasteiger partial charge in [0, 0.05) is 12.6 Å². The van der Waals surface area contributed by atoms with Crippen LogP contribution in [0, 0.1) is 0 Å². The van der Waals surface area contributed by atoms with Crippen molar-refractivity contribution in [3.05, 3.63) is 0 Å². The molecule has 0 bridgehead atoms. The Balaban J connectivity index is 2.74. The first-order chi connectivity index (χ1) is 6.87. The highest BCUT2D eigenvalue weighted by Gasteiger charge is 2.52. The first kappa shape index (κ1) is 12.3. The first-order valence-electron chi connectivity index (χ1n) is 4.84. The zero-order valence-electron chi connectivity index (χ0n) is 8.35. The number of carbonyl (C=O) groups excluding carboxylic acids is 1. The summed E-state index contributed by atoms with van der Waals surface area (Å²) >= 11 is 0. The summed E-state index contributed by atoms with van der Waals surface area (Å²) in [6.45, 7) is 1.74. The number of amides is 1. The molecule has 1 aliphatic heterocycles. The number of halogens is 4. The predicted octanol–water partition coefficient (Wildman–Crippen LogP) is 2.29. The molecule has 1 amide bonds. The number of hydrogen-bond donors (Lipinski definition) is 0. The summed E-state index contributed by atoms with van der Waals surface area (Å²) in [6, 6.07) is -0.379. The second-order valence-electron chi connectivity index (χ2n) is 3.77.